The van der Waals surface area contributed by atoms with Crippen molar-refractivity contribution < 1.29 is 28.8 Å². The minimum absolute atomic E-state index is 0.0565. The summed E-state index contributed by atoms with van der Waals surface area (Å²) in [6.45, 7) is 0.720. The molecule has 0 aliphatic carbocycles. The first-order valence-electron chi connectivity index (χ1n) is 7.38. The first-order valence-corrected chi connectivity index (χ1v) is 7.38. The summed E-state index contributed by atoms with van der Waals surface area (Å²) in [5.74, 6) is 3.38. The van der Waals surface area contributed by atoms with E-state index in [0.29, 0.717) is 23.9 Å². The maximum Gasteiger partial charge on any atom is 0.231 e. The van der Waals surface area contributed by atoms with E-state index in [9.17, 15) is 5.11 Å². The first-order chi connectivity index (χ1) is 11.2. The van der Waals surface area contributed by atoms with Crippen molar-refractivity contribution in [1.29, 1.82) is 0 Å². The highest BCUT2D eigenvalue weighted by molar-refractivity contribution is 5.59. The highest BCUT2D eigenvalue weighted by Crippen LogP contribution is 2.55. The lowest BCUT2D eigenvalue weighted by atomic mass is 9.89. The maximum atomic E-state index is 9.91. The van der Waals surface area contributed by atoms with E-state index in [1.807, 2.05) is 12.1 Å². The molecule has 3 aliphatic rings. The van der Waals surface area contributed by atoms with Crippen molar-refractivity contribution in [3.8, 4) is 34.5 Å². The summed E-state index contributed by atoms with van der Waals surface area (Å²) in [6.07, 6.45) is -0.175. The van der Waals surface area contributed by atoms with E-state index in [2.05, 4.69) is 0 Å². The lowest BCUT2D eigenvalue weighted by Crippen LogP contribution is -2.23. The number of phenols is 1. The number of benzene rings is 2. The van der Waals surface area contributed by atoms with Crippen LogP contribution >= 0.6 is 0 Å². The Hall–Kier alpha value is -2.76. The number of phenolic OH excluding ortho intramolecular Hbond substituents is 1. The summed E-state index contributed by atoms with van der Waals surface area (Å²) in [5, 5.41) is 9.91. The lowest BCUT2D eigenvalue weighted by molar-refractivity contribution is 0.137. The molecule has 2 aromatic rings. The molecule has 0 bridgehead atoms. The van der Waals surface area contributed by atoms with Gasteiger partial charge in [0.25, 0.3) is 0 Å². The quantitative estimate of drug-likeness (QED) is 0.873. The molecule has 0 saturated heterocycles. The summed E-state index contributed by atoms with van der Waals surface area (Å²) >= 11 is 0. The SMILES string of the molecule is COc1cc2c(cc1O)OC[C@H]1c3cc4c(cc3O[C@@H]21)OCO4. The Morgan fingerprint density at radius 3 is 2.61 bits per heavy atom. The molecule has 118 valence electrons. The zero-order chi connectivity index (χ0) is 15.6. The molecule has 3 heterocycles. The fourth-order valence-corrected chi connectivity index (χ4v) is 3.43. The average molecular weight is 314 g/mol. The Balaban J connectivity index is 1.60. The smallest absolute Gasteiger partial charge is 0.231 e. The van der Waals surface area contributed by atoms with Gasteiger partial charge in [-0.15, -0.1) is 0 Å². The van der Waals surface area contributed by atoms with Gasteiger partial charge in [0.15, 0.2) is 23.0 Å². The molecule has 0 unspecified atom stereocenters. The molecule has 6 heteroatoms. The standard InChI is InChI=1S/C17H14O6/c1-19-14-3-9-12(4-11(14)18)20-6-10-8-2-15-16(22-7-21-15)5-13(8)23-17(9)10/h2-5,10,17-18H,6-7H2,1H3/t10-,17-/m0/s1. The van der Waals surface area contributed by atoms with Gasteiger partial charge in [0.2, 0.25) is 6.79 Å². The van der Waals surface area contributed by atoms with E-state index >= 15 is 0 Å². The van der Waals surface area contributed by atoms with Gasteiger partial charge in [0.1, 0.15) is 17.6 Å². The molecule has 0 aromatic heterocycles. The molecular weight excluding hydrogens is 300 g/mol. The molecule has 0 radical (unpaired) electrons. The van der Waals surface area contributed by atoms with Crippen molar-refractivity contribution in [3.63, 3.8) is 0 Å². The lowest BCUT2D eigenvalue weighted by Gasteiger charge is -2.28. The highest BCUT2D eigenvalue weighted by atomic mass is 16.7. The molecule has 2 aromatic carbocycles. The van der Waals surface area contributed by atoms with Crippen LogP contribution in [0, 0.1) is 0 Å². The van der Waals surface area contributed by atoms with Crippen LogP contribution in [0.1, 0.15) is 23.1 Å². The van der Waals surface area contributed by atoms with Gasteiger partial charge in [-0.05, 0) is 12.1 Å². The highest BCUT2D eigenvalue weighted by Gasteiger charge is 2.42. The summed E-state index contributed by atoms with van der Waals surface area (Å²) in [6, 6.07) is 7.18. The van der Waals surface area contributed by atoms with Crippen molar-refractivity contribution in [2.45, 2.75) is 12.0 Å². The molecule has 1 N–H and O–H groups in total. The average Bonchev–Trinajstić information content (AvgIpc) is 3.15. The zero-order valence-electron chi connectivity index (χ0n) is 12.4. The fraction of sp³-hybridized carbons (Fsp3) is 0.294. The van der Waals surface area contributed by atoms with Gasteiger partial charge in [-0.3, -0.25) is 0 Å². The zero-order valence-corrected chi connectivity index (χ0v) is 12.4. The molecule has 0 amide bonds. The van der Waals surface area contributed by atoms with Crippen LogP contribution in [-0.4, -0.2) is 25.6 Å². The number of hydrogen-bond donors (Lipinski definition) is 1. The molecule has 0 spiro atoms. The van der Waals surface area contributed by atoms with Crippen LogP contribution in [0.4, 0.5) is 0 Å². The summed E-state index contributed by atoms with van der Waals surface area (Å²) in [5.41, 5.74) is 1.92. The third-order valence-electron chi connectivity index (χ3n) is 4.56. The summed E-state index contributed by atoms with van der Waals surface area (Å²) in [4.78, 5) is 0. The van der Waals surface area contributed by atoms with E-state index in [4.69, 9.17) is 23.7 Å². The van der Waals surface area contributed by atoms with E-state index in [1.54, 1.807) is 12.1 Å². The Morgan fingerprint density at radius 2 is 1.78 bits per heavy atom. The third-order valence-corrected chi connectivity index (χ3v) is 4.56. The molecule has 5 rings (SSSR count). The number of aromatic hydroxyl groups is 1. The third kappa shape index (κ3) is 1.69. The van der Waals surface area contributed by atoms with Gasteiger partial charge < -0.3 is 28.8 Å². The Morgan fingerprint density at radius 1 is 0.957 bits per heavy atom. The van der Waals surface area contributed by atoms with Gasteiger partial charge in [-0.25, -0.2) is 0 Å². The normalized spacial score (nSPS) is 22.5. The minimum atomic E-state index is -0.175. The largest absolute Gasteiger partial charge is 0.504 e. The molecule has 3 aliphatic heterocycles. The van der Waals surface area contributed by atoms with Crippen LogP contribution in [0.5, 0.6) is 34.5 Å². The van der Waals surface area contributed by atoms with Crippen LogP contribution in [0.25, 0.3) is 0 Å². The topological polar surface area (TPSA) is 66.4 Å². The first kappa shape index (κ1) is 12.8. The maximum absolute atomic E-state index is 9.91. The number of rotatable bonds is 1. The molecule has 23 heavy (non-hydrogen) atoms. The van der Waals surface area contributed by atoms with Crippen molar-refractivity contribution in [2.75, 3.05) is 20.5 Å². The van der Waals surface area contributed by atoms with Gasteiger partial charge >= 0.3 is 0 Å². The monoisotopic (exact) mass is 314 g/mol. The molecule has 0 fully saturated rings. The van der Waals surface area contributed by atoms with Crippen LogP contribution in [0.2, 0.25) is 0 Å². The van der Waals surface area contributed by atoms with Gasteiger partial charge in [0.05, 0.1) is 19.6 Å². The van der Waals surface area contributed by atoms with Crippen LogP contribution in [-0.2, 0) is 0 Å². The van der Waals surface area contributed by atoms with Crippen LogP contribution in [0.15, 0.2) is 24.3 Å². The molecule has 2 atom stereocenters. The van der Waals surface area contributed by atoms with Gasteiger partial charge in [0, 0.05) is 23.3 Å². The van der Waals surface area contributed by atoms with Crippen LogP contribution < -0.4 is 23.7 Å². The fourth-order valence-electron chi connectivity index (χ4n) is 3.43. The Bertz CT molecular complexity index is 815. The van der Waals surface area contributed by atoms with Crippen molar-refractivity contribution in [3.05, 3.63) is 35.4 Å². The second kappa shape index (κ2) is 4.38. The molecular formula is C17H14O6. The predicted molar refractivity (Wildman–Crippen MR) is 78.8 cm³/mol. The van der Waals surface area contributed by atoms with E-state index in [1.165, 1.54) is 7.11 Å². The summed E-state index contributed by atoms with van der Waals surface area (Å²) < 4.78 is 28.0. The number of hydrogen-bond acceptors (Lipinski definition) is 6. The number of fused-ring (bicyclic) bond motifs is 6. The van der Waals surface area contributed by atoms with Crippen molar-refractivity contribution in [1.82, 2.24) is 0 Å². The van der Waals surface area contributed by atoms with Gasteiger partial charge in [-0.2, -0.15) is 0 Å². The second-order valence-electron chi connectivity index (χ2n) is 5.76. The van der Waals surface area contributed by atoms with E-state index in [0.717, 1.165) is 22.6 Å². The number of methoxy groups -OCH3 is 1. The predicted octanol–water partition coefficient (Wildman–Crippen LogP) is 2.74. The second-order valence-corrected chi connectivity index (χ2v) is 5.76. The molecule has 6 nitrogen and oxygen atoms in total. The number of ether oxygens (including phenoxy) is 5. The van der Waals surface area contributed by atoms with Gasteiger partial charge in [-0.1, -0.05) is 0 Å². The molecule has 0 saturated carbocycles. The Labute approximate surface area is 132 Å². The minimum Gasteiger partial charge on any atom is -0.504 e. The van der Waals surface area contributed by atoms with Crippen molar-refractivity contribution in [2.24, 2.45) is 0 Å². The summed E-state index contributed by atoms with van der Waals surface area (Å²) in [7, 11) is 1.52. The van der Waals surface area contributed by atoms with E-state index < -0.39 is 0 Å². The Kier molecular flexibility index (Phi) is 2.43. The van der Waals surface area contributed by atoms with Crippen molar-refractivity contribution >= 4 is 0 Å². The van der Waals surface area contributed by atoms with Crippen LogP contribution in [0.3, 0.4) is 0 Å². The van der Waals surface area contributed by atoms with E-state index in [-0.39, 0.29) is 24.6 Å².